The van der Waals surface area contributed by atoms with E-state index in [0.29, 0.717) is 13.2 Å². The van der Waals surface area contributed by atoms with Crippen LogP contribution in [0.15, 0.2) is 53.2 Å². The van der Waals surface area contributed by atoms with Crippen LogP contribution in [0.3, 0.4) is 0 Å². The number of ether oxygens (including phenoxy) is 1. The van der Waals surface area contributed by atoms with Crippen LogP contribution in [0.4, 0.5) is 10.6 Å². The highest BCUT2D eigenvalue weighted by Gasteiger charge is 2.27. The number of benzene rings is 1. The summed E-state index contributed by atoms with van der Waals surface area (Å²) in [6.07, 6.45) is 3.63. The summed E-state index contributed by atoms with van der Waals surface area (Å²) in [5.41, 5.74) is 2.62. The van der Waals surface area contributed by atoms with Gasteiger partial charge in [0.25, 0.3) is 0 Å². The molecule has 0 spiro atoms. The summed E-state index contributed by atoms with van der Waals surface area (Å²) in [5.74, 6) is 2.34. The SMILES string of the molecule is Cc1cc(COc2ccc3cc(CNC(=O)N(C)[C@@H]4CCCN(c5cccnn5)C4)[nH]c3c2)no1. The summed E-state index contributed by atoms with van der Waals surface area (Å²) in [4.78, 5) is 20.2. The van der Waals surface area contributed by atoms with Gasteiger partial charge in [0, 0.05) is 49.7 Å². The number of nitrogens with one attached hydrogen (secondary N) is 2. The molecule has 182 valence electrons. The van der Waals surface area contributed by atoms with Crippen molar-refractivity contribution in [2.75, 3.05) is 25.0 Å². The summed E-state index contributed by atoms with van der Waals surface area (Å²) < 4.78 is 10.9. The Morgan fingerprint density at radius 2 is 2.23 bits per heavy atom. The number of hydrogen-bond acceptors (Lipinski definition) is 7. The maximum Gasteiger partial charge on any atom is 0.317 e. The summed E-state index contributed by atoms with van der Waals surface area (Å²) >= 11 is 0. The molecule has 0 aliphatic carbocycles. The van der Waals surface area contributed by atoms with Gasteiger partial charge >= 0.3 is 6.03 Å². The Hall–Kier alpha value is -4.08. The van der Waals surface area contributed by atoms with Crippen molar-refractivity contribution >= 4 is 22.8 Å². The fourth-order valence-corrected chi connectivity index (χ4v) is 4.40. The molecule has 1 saturated heterocycles. The average molecular weight is 476 g/mol. The summed E-state index contributed by atoms with van der Waals surface area (Å²) in [6, 6.07) is 13.6. The van der Waals surface area contributed by atoms with Gasteiger partial charge in [-0.15, -0.1) is 5.10 Å². The highest BCUT2D eigenvalue weighted by Crippen LogP contribution is 2.23. The Bertz CT molecular complexity index is 1290. The minimum atomic E-state index is -0.0958. The number of hydrogen-bond donors (Lipinski definition) is 2. The van der Waals surface area contributed by atoms with Gasteiger partial charge in [0.2, 0.25) is 0 Å². The van der Waals surface area contributed by atoms with E-state index in [2.05, 4.69) is 30.6 Å². The molecular formula is C25H29N7O3. The second kappa shape index (κ2) is 10.0. The first-order valence-electron chi connectivity index (χ1n) is 11.7. The number of nitrogens with zero attached hydrogens (tertiary/aromatic N) is 5. The average Bonchev–Trinajstić information content (AvgIpc) is 3.51. The second-order valence-corrected chi connectivity index (χ2v) is 8.85. The van der Waals surface area contributed by atoms with Crippen LogP contribution in [-0.2, 0) is 13.2 Å². The monoisotopic (exact) mass is 475 g/mol. The van der Waals surface area contributed by atoms with Gasteiger partial charge in [-0.1, -0.05) is 5.16 Å². The van der Waals surface area contributed by atoms with Gasteiger partial charge in [-0.3, -0.25) is 0 Å². The molecule has 1 aromatic carbocycles. The molecule has 2 amide bonds. The second-order valence-electron chi connectivity index (χ2n) is 8.85. The molecule has 4 aromatic rings. The molecule has 5 rings (SSSR count). The Labute approximate surface area is 203 Å². The number of H-pyrrole nitrogens is 1. The summed E-state index contributed by atoms with van der Waals surface area (Å²) in [6.45, 7) is 4.26. The Balaban J connectivity index is 1.16. The molecule has 1 fully saturated rings. The number of aryl methyl sites for hydroxylation is 1. The molecule has 0 saturated carbocycles. The van der Waals surface area contributed by atoms with E-state index in [-0.39, 0.29) is 12.1 Å². The van der Waals surface area contributed by atoms with E-state index in [1.165, 1.54) is 0 Å². The van der Waals surface area contributed by atoms with E-state index in [9.17, 15) is 4.79 Å². The lowest BCUT2D eigenvalue weighted by atomic mass is 10.0. The Morgan fingerprint density at radius 3 is 3.03 bits per heavy atom. The fourth-order valence-electron chi connectivity index (χ4n) is 4.40. The minimum Gasteiger partial charge on any atom is -0.487 e. The van der Waals surface area contributed by atoms with Crippen LogP contribution in [0.1, 0.15) is 30.0 Å². The van der Waals surface area contributed by atoms with Crippen LogP contribution in [0.25, 0.3) is 10.9 Å². The Morgan fingerprint density at radius 1 is 1.31 bits per heavy atom. The van der Waals surface area contributed by atoms with Crippen molar-refractivity contribution in [2.45, 2.75) is 39.0 Å². The Kier molecular flexibility index (Phi) is 6.51. The number of anilines is 1. The van der Waals surface area contributed by atoms with Crippen molar-refractivity contribution in [1.29, 1.82) is 0 Å². The van der Waals surface area contributed by atoms with Crippen molar-refractivity contribution in [3.63, 3.8) is 0 Å². The normalized spacial score (nSPS) is 15.8. The standard InChI is InChI=1S/C25H29N7O3/c1-17-11-20(30-35-17)16-34-22-8-7-18-12-19(28-23(18)13-22)14-26-25(33)31(2)21-5-4-10-32(15-21)24-6-3-9-27-29-24/h3,6-9,11-13,21,28H,4-5,10,14-16H2,1-2H3,(H,26,33)/t21-/m1/s1. The molecule has 10 nitrogen and oxygen atoms in total. The number of aromatic amines is 1. The van der Waals surface area contributed by atoms with Crippen molar-refractivity contribution < 1.29 is 14.1 Å². The number of piperidine rings is 1. The number of likely N-dealkylation sites (N-methyl/N-ethyl adjacent to an activating group) is 1. The number of carbonyl (C=O) groups excluding carboxylic acids is 1. The third kappa shape index (κ3) is 5.37. The van der Waals surface area contributed by atoms with E-state index in [0.717, 1.165) is 65.5 Å². The van der Waals surface area contributed by atoms with Crippen molar-refractivity contribution in [1.82, 2.24) is 30.6 Å². The maximum absolute atomic E-state index is 12.9. The lowest BCUT2D eigenvalue weighted by Gasteiger charge is -2.37. The fraction of sp³-hybridized carbons (Fsp3) is 0.360. The van der Waals surface area contributed by atoms with Crippen molar-refractivity contribution in [3.05, 3.63) is 65.8 Å². The van der Waals surface area contributed by atoms with Crippen molar-refractivity contribution in [2.24, 2.45) is 0 Å². The van der Waals surface area contributed by atoms with Crippen molar-refractivity contribution in [3.8, 4) is 5.75 Å². The minimum absolute atomic E-state index is 0.0958. The van der Waals surface area contributed by atoms with Gasteiger partial charge in [-0.2, -0.15) is 5.10 Å². The van der Waals surface area contributed by atoms with Gasteiger partial charge in [0.05, 0.1) is 12.6 Å². The van der Waals surface area contributed by atoms with Gasteiger partial charge < -0.3 is 29.4 Å². The molecule has 0 unspecified atom stereocenters. The first-order chi connectivity index (χ1) is 17.0. The molecule has 10 heteroatoms. The van der Waals surface area contributed by atoms with Crippen LogP contribution in [0.5, 0.6) is 5.75 Å². The van der Waals surface area contributed by atoms with E-state index < -0.39 is 0 Å². The van der Waals surface area contributed by atoms with Crippen LogP contribution >= 0.6 is 0 Å². The molecule has 4 heterocycles. The number of amides is 2. The third-order valence-electron chi connectivity index (χ3n) is 6.29. The predicted molar refractivity (Wildman–Crippen MR) is 131 cm³/mol. The summed E-state index contributed by atoms with van der Waals surface area (Å²) in [7, 11) is 1.85. The maximum atomic E-state index is 12.9. The quantitative estimate of drug-likeness (QED) is 0.420. The molecular weight excluding hydrogens is 446 g/mol. The predicted octanol–water partition coefficient (Wildman–Crippen LogP) is 3.64. The number of urea groups is 1. The van der Waals surface area contributed by atoms with E-state index >= 15 is 0 Å². The van der Waals surface area contributed by atoms with Gasteiger partial charge in [-0.05, 0) is 55.5 Å². The van der Waals surface area contributed by atoms with Gasteiger partial charge in [0.15, 0.2) is 5.82 Å². The van der Waals surface area contributed by atoms with E-state index in [1.807, 2.05) is 56.4 Å². The summed E-state index contributed by atoms with van der Waals surface area (Å²) in [5, 5.41) is 16.2. The molecule has 1 atom stereocenters. The van der Waals surface area contributed by atoms with Crippen LogP contribution in [0.2, 0.25) is 0 Å². The molecule has 3 aromatic heterocycles. The van der Waals surface area contributed by atoms with Crippen LogP contribution in [0, 0.1) is 6.92 Å². The highest BCUT2D eigenvalue weighted by atomic mass is 16.5. The van der Waals surface area contributed by atoms with E-state index in [1.54, 1.807) is 11.1 Å². The molecule has 1 aliphatic rings. The molecule has 1 aliphatic heterocycles. The topological polar surface area (TPSA) is 112 Å². The van der Waals surface area contributed by atoms with Crippen LogP contribution < -0.4 is 15.0 Å². The van der Waals surface area contributed by atoms with Gasteiger partial charge in [0.1, 0.15) is 23.8 Å². The number of rotatable bonds is 7. The first-order valence-corrected chi connectivity index (χ1v) is 11.7. The zero-order chi connectivity index (χ0) is 24.2. The third-order valence-corrected chi connectivity index (χ3v) is 6.29. The van der Waals surface area contributed by atoms with Gasteiger partial charge in [-0.25, -0.2) is 4.79 Å². The lowest BCUT2D eigenvalue weighted by Crippen LogP contribution is -2.51. The molecule has 2 N–H and O–H groups in total. The number of aromatic nitrogens is 4. The molecule has 35 heavy (non-hydrogen) atoms. The largest absolute Gasteiger partial charge is 0.487 e. The van der Waals surface area contributed by atoms with E-state index in [4.69, 9.17) is 9.26 Å². The molecule has 0 bridgehead atoms. The zero-order valence-corrected chi connectivity index (χ0v) is 19.9. The zero-order valence-electron chi connectivity index (χ0n) is 19.9. The van der Waals surface area contributed by atoms with Crippen LogP contribution in [-0.4, -0.2) is 57.4 Å². The number of carbonyl (C=O) groups is 1. The smallest absolute Gasteiger partial charge is 0.317 e. The molecule has 0 radical (unpaired) electrons. The lowest BCUT2D eigenvalue weighted by molar-refractivity contribution is 0.182. The highest BCUT2D eigenvalue weighted by molar-refractivity contribution is 5.82. The first kappa shape index (κ1) is 22.7. The number of fused-ring (bicyclic) bond motifs is 1.